The third-order valence-corrected chi connectivity index (χ3v) is 8.16. The number of likely N-dealkylation sites (tertiary alicyclic amines) is 2. The lowest BCUT2D eigenvalue weighted by atomic mass is 9.97. The van der Waals surface area contributed by atoms with Crippen molar-refractivity contribution in [3.05, 3.63) is 45.4 Å². The second-order valence-corrected chi connectivity index (χ2v) is 10.6. The fraction of sp³-hybridized carbons (Fsp3) is 0.556. The highest BCUT2D eigenvalue weighted by atomic mass is 32.1. The molecular formula is C27H36N4O5S. The van der Waals surface area contributed by atoms with Crippen molar-refractivity contribution in [2.45, 2.75) is 58.4 Å². The summed E-state index contributed by atoms with van der Waals surface area (Å²) in [4.78, 5) is 45.4. The Labute approximate surface area is 222 Å². The van der Waals surface area contributed by atoms with E-state index < -0.39 is 0 Å². The highest BCUT2D eigenvalue weighted by molar-refractivity contribution is 7.09. The molecule has 0 bridgehead atoms. The first-order valence-electron chi connectivity index (χ1n) is 13.0. The van der Waals surface area contributed by atoms with Gasteiger partial charge in [-0.1, -0.05) is 6.07 Å². The predicted molar refractivity (Wildman–Crippen MR) is 141 cm³/mol. The molecule has 3 amide bonds. The average Bonchev–Trinajstić information content (AvgIpc) is 3.40. The van der Waals surface area contributed by atoms with Gasteiger partial charge < -0.3 is 24.6 Å². The molecule has 1 aromatic heterocycles. The zero-order valence-electron chi connectivity index (χ0n) is 21.8. The monoisotopic (exact) mass is 528 g/mol. The number of ether oxygens (including phenoxy) is 2. The number of amides is 3. The molecule has 1 aromatic carbocycles. The van der Waals surface area contributed by atoms with Gasteiger partial charge in [0.2, 0.25) is 0 Å². The molecule has 37 heavy (non-hydrogen) atoms. The minimum atomic E-state index is -0.293. The number of nitrogens with zero attached hydrogens (tertiary/aromatic N) is 3. The molecule has 200 valence electrons. The molecule has 2 saturated heterocycles. The molecule has 0 spiro atoms. The van der Waals surface area contributed by atoms with Crippen LogP contribution in [0.25, 0.3) is 0 Å². The SMILES string of the molecule is CCOC(=O)N1CCC(NC(=O)c2csc(C3CCN(C(=O)COc4ccc(C)c(C)c4)CC3)n2)CC1. The Bertz CT molecular complexity index is 1100. The van der Waals surface area contributed by atoms with Crippen LogP contribution in [0.3, 0.4) is 0 Å². The maximum atomic E-state index is 12.8. The molecule has 4 rings (SSSR count). The van der Waals surface area contributed by atoms with E-state index in [1.165, 1.54) is 16.9 Å². The molecule has 0 unspecified atom stereocenters. The van der Waals surface area contributed by atoms with Crippen LogP contribution in [0.1, 0.15) is 65.1 Å². The van der Waals surface area contributed by atoms with Crippen molar-refractivity contribution in [1.82, 2.24) is 20.1 Å². The highest BCUT2D eigenvalue weighted by Gasteiger charge is 2.28. The fourth-order valence-corrected chi connectivity index (χ4v) is 5.65. The molecule has 2 aromatic rings. The van der Waals surface area contributed by atoms with E-state index in [1.54, 1.807) is 11.8 Å². The normalized spacial score (nSPS) is 16.9. The molecule has 0 aliphatic carbocycles. The molecule has 2 fully saturated rings. The van der Waals surface area contributed by atoms with E-state index in [1.807, 2.05) is 42.3 Å². The number of hydrogen-bond acceptors (Lipinski definition) is 7. The number of thiazole rings is 1. The summed E-state index contributed by atoms with van der Waals surface area (Å²) in [5, 5.41) is 5.82. The van der Waals surface area contributed by atoms with Gasteiger partial charge in [0.25, 0.3) is 11.8 Å². The molecule has 0 saturated carbocycles. The van der Waals surface area contributed by atoms with E-state index in [0.29, 0.717) is 57.1 Å². The van der Waals surface area contributed by atoms with Gasteiger partial charge in [-0.15, -0.1) is 11.3 Å². The van der Waals surface area contributed by atoms with Crippen LogP contribution in [0.2, 0.25) is 0 Å². The van der Waals surface area contributed by atoms with E-state index in [4.69, 9.17) is 9.47 Å². The van der Waals surface area contributed by atoms with Gasteiger partial charge in [0.15, 0.2) is 6.61 Å². The molecule has 2 aliphatic heterocycles. The maximum absolute atomic E-state index is 12.8. The van der Waals surface area contributed by atoms with Crippen LogP contribution in [-0.4, -0.2) is 78.1 Å². The Hall–Kier alpha value is -3.14. The van der Waals surface area contributed by atoms with Crippen molar-refractivity contribution < 1.29 is 23.9 Å². The smallest absolute Gasteiger partial charge is 0.409 e. The molecule has 9 nitrogen and oxygen atoms in total. The molecule has 0 atom stereocenters. The maximum Gasteiger partial charge on any atom is 0.409 e. The van der Waals surface area contributed by atoms with Crippen LogP contribution in [0.5, 0.6) is 5.75 Å². The van der Waals surface area contributed by atoms with Crippen molar-refractivity contribution in [1.29, 1.82) is 0 Å². The number of aromatic nitrogens is 1. The standard InChI is InChI=1S/C27H36N4O5S/c1-4-35-27(34)31-13-9-21(10-14-31)28-25(33)23-17-37-26(29-23)20-7-11-30(12-8-20)24(32)16-36-22-6-5-18(2)19(3)15-22/h5-6,15,17,20-21H,4,7-14,16H2,1-3H3,(H,28,33). The number of carbonyl (C=O) groups is 3. The Kier molecular flexibility index (Phi) is 9.02. The number of piperidine rings is 2. The second kappa shape index (κ2) is 12.4. The summed E-state index contributed by atoms with van der Waals surface area (Å²) in [6, 6.07) is 5.86. The van der Waals surface area contributed by atoms with Crippen molar-refractivity contribution in [3.63, 3.8) is 0 Å². The summed E-state index contributed by atoms with van der Waals surface area (Å²) < 4.78 is 10.8. The van der Waals surface area contributed by atoms with Crippen molar-refractivity contribution in [2.24, 2.45) is 0 Å². The first-order valence-corrected chi connectivity index (χ1v) is 13.9. The zero-order valence-corrected chi connectivity index (χ0v) is 22.6. The summed E-state index contributed by atoms with van der Waals surface area (Å²) in [5.74, 6) is 0.770. The van der Waals surface area contributed by atoms with E-state index in [2.05, 4.69) is 10.3 Å². The van der Waals surface area contributed by atoms with Crippen LogP contribution < -0.4 is 10.1 Å². The molecule has 10 heteroatoms. The Morgan fingerprint density at radius 1 is 1.03 bits per heavy atom. The summed E-state index contributed by atoms with van der Waals surface area (Å²) in [5.41, 5.74) is 2.77. The third kappa shape index (κ3) is 7.00. The van der Waals surface area contributed by atoms with Crippen LogP contribution in [0.15, 0.2) is 23.6 Å². The second-order valence-electron chi connectivity index (χ2n) is 9.69. The van der Waals surface area contributed by atoms with E-state index in [-0.39, 0.29) is 36.5 Å². The third-order valence-electron chi connectivity index (χ3n) is 7.15. The Morgan fingerprint density at radius 2 is 1.73 bits per heavy atom. The topological polar surface area (TPSA) is 101 Å². The van der Waals surface area contributed by atoms with Gasteiger partial charge in [0.1, 0.15) is 11.4 Å². The van der Waals surface area contributed by atoms with Crippen molar-refractivity contribution in [3.8, 4) is 5.75 Å². The van der Waals surface area contributed by atoms with Gasteiger partial charge >= 0.3 is 6.09 Å². The minimum absolute atomic E-state index is 0.00936. The summed E-state index contributed by atoms with van der Waals surface area (Å²) in [7, 11) is 0. The zero-order chi connectivity index (χ0) is 26.4. The van der Waals surface area contributed by atoms with Gasteiger partial charge in [0, 0.05) is 43.5 Å². The molecule has 3 heterocycles. The van der Waals surface area contributed by atoms with E-state index in [9.17, 15) is 14.4 Å². The largest absolute Gasteiger partial charge is 0.484 e. The summed E-state index contributed by atoms with van der Waals surface area (Å²) >= 11 is 1.51. The lowest BCUT2D eigenvalue weighted by molar-refractivity contribution is -0.134. The van der Waals surface area contributed by atoms with E-state index >= 15 is 0 Å². The minimum Gasteiger partial charge on any atom is -0.484 e. The van der Waals surface area contributed by atoms with Crippen molar-refractivity contribution in [2.75, 3.05) is 39.4 Å². The molecule has 1 N–H and O–H groups in total. The van der Waals surface area contributed by atoms with E-state index in [0.717, 1.165) is 23.4 Å². The molecule has 0 radical (unpaired) electrons. The molecule has 2 aliphatic rings. The first-order chi connectivity index (χ1) is 17.8. The molecular weight excluding hydrogens is 492 g/mol. The van der Waals surface area contributed by atoms with Crippen LogP contribution >= 0.6 is 11.3 Å². The van der Waals surface area contributed by atoms with Gasteiger partial charge in [-0.05, 0) is 69.7 Å². The average molecular weight is 529 g/mol. The predicted octanol–water partition coefficient (Wildman–Crippen LogP) is 3.90. The fourth-order valence-electron chi connectivity index (χ4n) is 4.68. The van der Waals surface area contributed by atoms with Gasteiger partial charge in [-0.2, -0.15) is 0 Å². The Balaban J connectivity index is 1.20. The van der Waals surface area contributed by atoms with Gasteiger partial charge in [-0.25, -0.2) is 9.78 Å². The summed E-state index contributed by atoms with van der Waals surface area (Å²) in [6.45, 7) is 8.70. The van der Waals surface area contributed by atoms with Crippen LogP contribution in [0.4, 0.5) is 4.79 Å². The van der Waals surface area contributed by atoms with Crippen molar-refractivity contribution >= 4 is 29.2 Å². The van der Waals surface area contributed by atoms with Gasteiger partial charge in [0.05, 0.1) is 11.6 Å². The quantitative estimate of drug-likeness (QED) is 0.585. The van der Waals surface area contributed by atoms with Crippen LogP contribution in [0, 0.1) is 13.8 Å². The number of nitrogens with one attached hydrogen (secondary N) is 1. The Morgan fingerprint density at radius 3 is 2.41 bits per heavy atom. The lowest BCUT2D eigenvalue weighted by Gasteiger charge is -2.31. The lowest BCUT2D eigenvalue weighted by Crippen LogP contribution is -2.46. The van der Waals surface area contributed by atoms with Crippen LogP contribution in [-0.2, 0) is 9.53 Å². The highest BCUT2D eigenvalue weighted by Crippen LogP contribution is 2.30. The number of benzene rings is 1. The number of hydrogen-bond donors (Lipinski definition) is 1. The number of rotatable bonds is 7. The summed E-state index contributed by atoms with van der Waals surface area (Å²) in [6.07, 6.45) is 2.73. The van der Waals surface area contributed by atoms with Gasteiger partial charge in [-0.3, -0.25) is 9.59 Å². The first kappa shape index (κ1) is 26.9. The number of carbonyl (C=O) groups excluding carboxylic acids is 3. The number of aryl methyl sites for hydroxylation is 2.